The molecule has 1 aromatic rings. The number of halogens is 2. The third kappa shape index (κ3) is 4.85. The van der Waals surface area contributed by atoms with E-state index in [1.807, 2.05) is 6.92 Å². The summed E-state index contributed by atoms with van der Waals surface area (Å²) in [5.41, 5.74) is 1.13. The number of benzene rings is 1. The SMILES string of the molecule is CCOc1ccc(C2=[C-]CCC(=O)N2CC(F)F)cc1.[Y]. The molecule has 21 heavy (non-hydrogen) atoms. The second kappa shape index (κ2) is 8.59. The van der Waals surface area contributed by atoms with E-state index < -0.39 is 13.0 Å². The Labute approximate surface area is 148 Å². The van der Waals surface area contributed by atoms with Crippen molar-refractivity contribution < 1.29 is 51.0 Å². The molecular formula is C15H16F2NO2Y-. The van der Waals surface area contributed by atoms with Crippen LogP contribution in [0.5, 0.6) is 5.75 Å². The number of carbonyl (C=O) groups excluding carboxylic acids is 1. The van der Waals surface area contributed by atoms with Gasteiger partial charge in [0.05, 0.1) is 13.2 Å². The minimum atomic E-state index is -2.56. The zero-order valence-electron chi connectivity index (χ0n) is 11.8. The Morgan fingerprint density at radius 3 is 2.57 bits per heavy atom. The number of hydrogen-bond donors (Lipinski definition) is 0. The van der Waals surface area contributed by atoms with Crippen LogP contribution in [0, 0.1) is 6.08 Å². The number of carbonyl (C=O) groups is 1. The number of allylic oxidation sites excluding steroid dienone is 1. The molecule has 0 N–H and O–H groups in total. The molecule has 1 aliphatic rings. The fourth-order valence-electron chi connectivity index (χ4n) is 2.11. The second-order valence-electron chi connectivity index (χ2n) is 4.38. The summed E-state index contributed by atoms with van der Waals surface area (Å²) in [6, 6.07) is 7.02. The van der Waals surface area contributed by atoms with Crippen molar-refractivity contribution in [3.63, 3.8) is 0 Å². The molecule has 0 spiro atoms. The summed E-state index contributed by atoms with van der Waals surface area (Å²) >= 11 is 0. The topological polar surface area (TPSA) is 29.5 Å². The van der Waals surface area contributed by atoms with Gasteiger partial charge in [-0.3, -0.25) is 4.79 Å². The van der Waals surface area contributed by atoms with Crippen molar-refractivity contribution in [2.24, 2.45) is 0 Å². The summed E-state index contributed by atoms with van der Waals surface area (Å²) in [5, 5.41) is 0. The zero-order chi connectivity index (χ0) is 14.5. The molecule has 0 unspecified atom stereocenters. The van der Waals surface area contributed by atoms with E-state index in [-0.39, 0.29) is 45.0 Å². The molecule has 1 heterocycles. The molecule has 0 saturated heterocycles. The monoisotopic (exact) mass is 369 g/mol. The Bertz CT molecular complexity index is 503. The maximum atomic E-state index is 12.6. The fourth-order valence-corrected chi connectivity index (χ4v) is 2.11. The van der Waals surface area contributed by atoms with E-state index in [1.165, 1.54) is 0 Å². The summed E-state index contributed by atoms with van der Waals surface area (Å²) in [5.74, 6) is 0.423. The van der Waals surface area contributed by atoms with Crippen molar-refractivity contribution in [2.75, 3.05) is 13.2 Å². The molecular weight excluding hydrogens is 353 g/mol. The van der Waals surface area contributed by atoms with Gasteiger partial charge in [0.15, 0.2) is 0 Å². The van der Waals surface area contributed by atoms with Crippen LogP contribution in [0.15, 0.2) is 24.3 Å². The Kier molecular flexibility index (Phi) is 7.46. The van der Waals surface area contributed by atoms with Crippen LogP contribution in [-0.4, -0.2) is 30.4 Å². The van der Waals surface area contributed by atoms with Crippen molar-refractivity contribution >= 4 is 11.6 Å². The van der Waals surface area contributed by atoms with Gasteiger partial charge in [0, 0.05) is 39.1 Å². The average Bonchev–Trinajstić information content (AvgIpc) is 2.42. The molecule has 1 radical (unpaired) electrons. The van der Waals surface area contributed by atoms with E-state index >= 15 is 0 Å². The van der Waals surface area contributed by atoms with Crippen LogP contribution in [0.2, 0.25) is 0 Å². The van der Waals surface area contributed by atoms with E-state index in [0.717, 1.165) is 4.90 Å². The third-order valence-corrected chi connectivity index (χ3v) is 2.96. The van der Waals surface area contributed by atoms with Crippen LogP contribution >= 0.6 is 0 Å². The maximum absolute atomic E-state index is 12.6. The number of alkyl halides is 2. The summed E-state index contributed by atoms with van der Waals surface area (Å²) in [6.45, 7) is 1.85. The first-order valence-corrected chi connectivity index (χ1v) is 6.54. The summed E-state index contributed by atoms with van der Waals surface area (Å²) in [7, 11) is 0. The van der Waals surface area contributed by atoms with Gasteiger partial charge in [-0.15, -0.1) is 24.3 Å². The van der Waals surface area contributed by atoms with Gasteiger partial charge in [0.2, 0.25) is 5.91 Å². The first kappa shape index (κ1) is 18.2. The number of hydrogen-bond acceptors (Lipinski definition) is 2. The molecule has 1 aromatic carbocycles. The number of amides is 1. The zero-order valence-corrected chi connectivity index (χ0v) is 14.7. The standard InChI is InChI=1S/C15H16F2NO2.Y/c1-2-20-12-8-6-11(7-9-12)13-4-3-5-15(19)18(13)10-14(16)17;/h6-9,14H,2-3,5,10H2,1H3;/q-1;. The second-order valence-corrected chi connectivity index (χ2v) is 4.38. The molecule has 0 atom stereocenters. The molecule has 0 bridgehead atoms. The molecule has 111 valence electrons. The van der Waals surface area contributed by atoms with Crippen LogP contribution in [0.4, 0.5) is 8.78 Å². The van der Waals surface area contributed by atoms with E-state index in [2.05, 4.69) is 6.08 Å². The smallest absolute Gasteiger partial charge is 0.256 e. The molecule has 0 saturated carbocycles. The van der Waals surface area contributed by atoms with Gasteiger partial charge in [0.1, 0.15) is 5.75 Å². The quantitative estimate of drug-likeness (QED) is 0.747. The Balaban J connectivity index is 0.00000220. The Morgan fingerprint density at radius 2 is 2.00 bits per heavy atom. The Hall–Kier alpha value is -0.806. The number of nitrogens with zero attached hydrogens (tertiary/aromatic N) is 1. The minimum absolute atomic E-state index is 0. The molecule has 0 aliphatic carbocycles. The molecule has 0 fully saturated rings. The van der Waals surface area contributed by atoms with E-state index in [1.54, 1.807) is 24.3 Å². The summed E-state index contributed by atoms with van der Waals surface area (Å²) < 4.78 is 30.5. The molecule has 1 amide bonds. The van der Waals surface area contributed by atoms with Crippen molar-refractivity contribution in [1.82, 2.24) is 4.90 Å². The van der Waals surface area contributed by atoms with Crippen LogP contribution < -0.4 is 4.74 Å². The van der Waals surface area contributed by atoms with Crippen molar-refractivity contribution in [3.05, 3.63) is 35.9 Å². The third-order valence-electron chi connectivity index (χ3n) is 2.96. The van der Waals surface area contributed by atoms with Gasteiger partial charge in [0.25, 0.3) is 6.43 Å². The first-order valence-electron chi connectivity index (χ1n) is 6.54. The van der Waals surface area contributed by atoms with Crippen molar-refractivity contribution in [2.45, 2.75) is 26.2 Å². The predicted octanol–water partition coefficient (Wildman–Crippen LogP) is 3.11. The van der Waals surface area contributed by atoms with Crippen LogP contribution in [0.3, 0.4) is 0 Å². The number of rotatable bonds is 5. The van der Waals surface area contributed by atoms with Gasteiger partial charge in [-0.05, 0) is 19.1 Å². The largest absolute Gasteiger partial charge is 0.494 e. The van der Waals surface area contributed by atoms with Gasteiger partial charge < -0.3 is 9.64 Å². The number of ether oxygens (including phenoxy) is 1. The molecule has 3 nitrogen and oxygen atoms in total. The van der Waals surface area contributed by atoms with Crippen LogP contribution in [-0.2, 0) is 37.5 Å². The average molecular weight is 369 g/mol. The molecule has 6 heteroatoms. The van der Waals surface area contributed by atoms with Crippen molar-refractivity contribution in [3.8, 4) is 5.75 Å². The Morgan fingerprint density at radius 1 is 1.33 bits per heavy atom. The first-order chi connectivity index (χ1) is 9.61. The van der Waals surface area contributed by atoms with E-state index in [4.69, 9.17) is 4.74 Å². The van der Waals surface area contributed by atoms with Crippen LogP contribution in [0.25, 0.3) is 5.70 Å². The van der Waals surface area contributed by atoms with Gasteiger partial charge in [-0.25, -0.2) is 14.9 Å². The van der Waals surface area contributed by atoms with E-state index in [0.29, 0.717) is 30.0 Å². The summed E-state index contributed by atoms with van der Waals surface area (Å²) in [6.07, 6.45) is 1.15. The maximum Gasteiger partial charge on any atom is 0.256 e. The minimum Gasteiger partial charge on any atom is -0.494 e. The van der Waals surface area contributed by atoms with Gasteiger partial charge in [-0.2, -0.15) is 5.56 Å². The predicted molar refractivity (Wildman–Crippen MR) is 71.2 cm³/mol. The fraction of sp³-hybridized carbons (Fsp3) is 0.400. The molecule has 0 aromatic heterocycles. The van der Waals surface area contributed by atoms with Gasteiger partial charge >= 0.3 is 0 Å². The molecule has 1 aliphatic heterocycles. The van der Waals surface area contributed by atoms with Gasteiger partial charge in [-0.1, -0.05) is 0 Å². The van der Waals surface area contributed by atoms with Crippen molar-refractivity contribution in [1.29, 1.82) is 0 Å². The normalized spacial score (nSPS) is 14.8. The molecule has 2 rings (SSSR count). The van der Waals surface area contributed by atoms with Crippen LogP contribution in [0.1, 0.15) is 25.3 Å². The summed E-state index contributed by atoms with van der Waals surface area (Å²) in [4.78, 5) is 12.9. The van der Waals surface area contributed by atoms with E-state index in [9.17, 15) is 13.6 Å².